The lowest BCUT2D eigenvalue weighted by molar-refractivity contribution is 0.149. The Bertz CT molecular complexity index is 403. The zero-order valence-electron chi connectivity index (χ0n) is 10.7. The summed E-state index contributed by atoms with van der Waals surface area (Å²) in [5.41, 5.74) is 6.57. The molecule has 100 valence electrons. The Morgan fingerprint density at radius 2 is 2.00 bits per heavy atom. The summed E-state index contributed by atoms with van der Waals surface area (Å²) in [5.74, 6) is 1.33. The van der Waals surface area contributed by atoms with Crippen LogP contribution in [0.2, 0.25) is 5.02 Å². The Kier molecular flexibility index (Phi) is 4.72. The molecule has 1 aliphatic carbocycles. The Labute approximate surface area is 113 Å². The number of nitrogens with two attached hydrogens (primary N) is 1. The highest BCUT2D eigenvalue weighted by Crippen LogP contribution is 2.38. The van der Waals surface area contributed by atoms with E-state index in [2.05, 4.69) is 0 Å². The van der Waals surface area contributed by atoms with E-state index in [9.17, 15) is 0 Å². The van der Waals surface area contributed by atoms with Crippen LogP contribution < -0.4 is 15.2 Å². The summed E-state index contributed by atoms with van der Waals surface area (Å²) in [6.07, 6.45) is 6.21. The first kappa shape index (κ1) is 13.5. The highest BCUT2D eigenvalue weighted by atomic mass is 35.5. The molecule has 0 radical (unpaired) electrons. The second-order valence-corrected chi connectivity index (χ2v) is 5.10. The largest absolute Gasteiger partial charge is 0.493 e. The van der Waals surface area contributed by atoms with E-state index in [0.29, 0.717) is 23.1 Å². The highest BCUT2D eigenvalue weighted by molar-refractivity contribution is 6.32. The molecule has 2 N–H and O–H groups in total. The Morgan fingerprint density at radius 1 is 1.28 bits per heavy atom. The van der Waals surface area contributed by atoms with Crippen molar-refractivity contribution in [2.75, 3.05) is 7.11 Å². The fraction of sp³-hybridized carbons (Fsp3) is 0.571. The maximum atomic E-state index is 6.25. The fourth-order valence-corrected chi connectivity index (χ4v) is 2.63. The van der Waals surface area contributed by atoms with Crippen molar-refractivity contribution in [2.24, 2.45) is 5.73 Å². The molecule has 2 rings (SSSR count). The van der Waals surface area contributed by atoms with Gasteiger partial charge < -0.3 is 15.2 Å². The van der Waals surface area contributed by atoms with Crippen LogP contribution in [0, 0.1) is 0 Å². The first-order valence-corrected chi connectivity index (χ1v) is 6.85. The van der Waals surface area contributed by atoms with Crippen LogP contribution in [-0.2, 0) is 6.54 Å². The van der Waals surface area contributed by atoms with E-state index in [1.165, 1.54) is 19.3 Å². The summed E-state index contributed by atoms with van der Waals surface area (Å²) >= 11 is 6.25. The van der Waals surface area contributed by atoms with Crippen LogP contribution >= 0.6 is 11.6 Å². The lowest BCUT2D eigenvalue weighted by Gasteiger charge is -2.24. The molecule has 1 fully saturated rings. The van der Waals surface area contributed by atoms with E-state index in [1.54, 1.807) is 7.11 Å². The summed E-state index contributed by atoms with van der Waals surface area (Å²) in [6, 6.07) is 3.74. The number of hydrogen-bond acceptors (Lipinski definition) is 3. The van der Waals surface area contributed by atoms with Crippen LogP contribution in [0.4, 0.5) is 0 Å². The monoisotopic (exact) mass is 269 g/mol. The molecule has 1 saturated carbocycles. The molecule has 0 aliphatic heterocycles. The average Bonchev–Trinajstić information content (AvgIpc) is 2.42. The molecule has 3 nitrogen and oxygen atoms in total. The van der Waals surface area contributed by atoms with Gasteiger partial charge in [0.15, 0.2) is 11.5 Å². The summed E-state index contributed by atoms with van der Waals surface area (Å²) in [5, 5.41) is 0.584. The van der Waals surface area contributed by atoms with E-state index in [4.69, 9.17) is 26.8 Å². The summed E-state index contributed by atoms with van der Waals surface area (Å²) < 4.78 is 11.4. The topological polar surface area (TPSA) is 44.5 Å². The molecular weight excluding hydrogens is 250 g/mol. The summed E-state index contributed by atoms with van der Waals surface area (Å²) in [7, 11) is 1.62. The number of methoxy groups -OCH3 is 1. The van der Waals surface area contributed by atoms with Crippen molar-refractivity contribution in [3.8, 4) is 11.5 Å². The van der Waals surface area contributed by atoms with Crippen molar-refractivity contribution >= 4 is 11.6 Å². The second kappa shape index (κ2) is 6.30. The molecule has 1 aromatic carbocycles. The zero-order chi connectivity index (χ0) is 13.0. The Balaban J connectivity index is 2.19. The molecule has 1 aromatic rings. The highest BCUT2D eigenvalue weighted by Gasteiger charge is 2.19. The SMILES string of the molecule is COc1cc(CN)cc(Cl)c1OC1CCCCC1. The second-order valence-electron chi connectivity index (χ2n) is 4.69. The maximum Gasteiger partial charge on any atom is 0.180 e. The van der Waals surface area contributed by atoms with E-state index in [1.807, 2.05) is 12.1 Å². The van der Waals surface area contributed by atoms with Gasteiger partial charge in [-0.2, -0.15) is 0 Å². The first-order valence-electron chi connectivity index (χ1n) is 6.47. The van der Waals surface area contributed by atoms with Gasteiger partial charge >= 0.3 is 0 Å². The van der Waals surface area contributed by atoms with Crippen molar-refractivity contribution in [2.45, 2.75) is 44.8 Å². The number of ether oxygens (including phenoxy) is 2. The van der Waals surface area contributed by atoms with Crippen LogP contribution in [0.15, 0.2) is 12.1 Å². The van der Waals surface area contributed by atoms with E-state index in [0.717, 1.165) is 18.4 Å². The van der Waals surface area contributed by atoms with Gasteiger partial charge in [-0.05, 0) is 43.4 Å². The molecule has 1 aliphatic rings. The molecule has 0 unspecified atom stereocenters. The summed E-state index contributed by atoms with van der Waals surface area (Å²) in [4.78, 5) is 0. The van der Waals surface area contributed by atoms with Crippen molar-refractivity contribution in [1.29, 1.82) is 0 Å². The van der Waals surface area contributed by atoms with Gasteiger partial charge in [-0.1, -0.05) is 18.0 Å². The third-order valence-corrected chi connectivity index (χ3v) is 3.64. The fourth-order valence-electron chi connectivity index (χ4n) is 2.36. The lowest BCUT2D eigenvalue weighted by atomic mass is 9.98. The van der Waals surface area contributed by atoms with Gasteiger partial charge in [0.1, 0.15) is 0 Å². The predicted molar refractivity (Wildman–Crippen MR) is 73.4 cm³/mol. The van der Waals surface area contributed by atoms with Crippen molar-refractivity contribution < 1.29 is 9.47 Å². The van der Waals surface area contributed by atoms with Crippen LogP contribution in [0.3, 0.4) is 0 Å². The van der Waals surface area contributed by atoms with Gasteiger partial charge in [0, 0.05) is 6.54 Å². The van der Waals surface area contributed by atoms with Crippen molar-refractivity contribution in [3.63, 3.8) is 0 Å². The quantitative estimate of drug-likeness (QED) is 0.910. The Hall–Kier alpha value is -0.930. The number of hydrogen-bond donors (Lipinski definition) is 1. The normalized spacial score (nSPS) is 16.6. The van der Waals surface area contributed by atoms with Crippen LogP contribution in [-0.4, -0.2) is 13.2 Å². The van der Waals surface area contributed by atoms with E-state index < -0.39 is 0 Å². The van der Waals surface area contributed by atoms with Crippen LogP contribution in [0.5, 0.6) is 11.5 Å². The van der Waals surface area contributed by atoms with Crippen LogP contribution in [0.25, 0.3) is 0 Å². The van der Waals surface area contributed by atoms with Crippen molar-refractivity contribution in [3.05, 3.63) is 22.7 Å². The molecular formula is C14H20ClNO2. The first-order chi connectivity index (χ1) is 8.74. The standard InChI is InChI=1S/C14H20ClNO2/c1-17-13-8-10(9-16)7-12(15)14(13)18-11-5-3-2-4-6-11/h7-8,11H,2-6,9,16H2,1H3. The van der Waals surface area contributed by atoms with Gasteiger partial charge in [0.05, 0.1) is 18.2 Å². The molecule has 4 heteroatoms. The van der Waals surface area contributed by atoms with Crippen molar-refractivity contribution in [1.82, 2.24) is 0 Å². The predicted octanol–water partition coefficient (Wildman–Crippen LogP) is 3.52. The van der Waals surface area contributed by atoms with E-state index >= 15 is 0 Å². The minimum absolute atomic E-state index is 0.258. The van der Waals surface area contributed by atoms with Gasteiger partial charge in [-0.3, -0.25) is 0 Å². The molecule has 0 amide bonds. The van der Waals surface area contributed by atoms with Gasteiger partial charge in [-0.25, -0.2) is 0 Å². The zero-order valence-corrected chi connectivity index (χ0v) is 11.5. The maximum absolute atomic E-state index is 6.25. The molecule has 0 spiro atoms. The summed E-state index contributed by atoms with van der Waals surface area (Å²) in [6.45, 7) is 0.444. The van der Waals surface area contributed by atoms with E-state index in [-0.39, 0.29) is 6.10 Å². The average molecular weight is 270 g/mol. The smallest absolute Gasteiger partial charge is 0.180 e. The molecule has 0 saturated heterocycles. The third-order valence-electron chi connectivity index (χ3n) is 3.36. The minimum Gasteiger partial charge on any atom is -0.493 e. The van der Waals surface area contributed by atoms with Crippen LogP contribution in [0.1, 0.15) is 37.7 Å². The molecule has 18 heavy (non-hydrogen) atoms. The molecule has 0 heterocycles. The molecule has 0 atom stereocenters. The number of rotatable bonds is 4. The lowest BCUT2D eigenvalue weighted by Crippen LogP contribution is -2.20. The molecule has 0 aromatic heterocycles. The molecule has 0 bridgehead atoms. The minimum atomic E-state index is 0.258. The van der Waals surface area contributed by atoms with Gasteiger partial charge in [-0.15, -0.1) is 0 Å². The third kappa shape index (κ3) is 3.09. The van der Waals surface area contributed by atoms with Gasteiger partial charge in [0.25, 0.3) is 0 Å². The number of benzene rings is 1. The Morgan fingerprint density at radius 3 is 2.61 bits per heavy atom. The number of halogens is 1. The van der Waals surface area contributed by atoms with Gasteiger partial charge in [0.2, 0.25) is 0 Å².